The molecule has 2 fully saturated rings. The number of ether oxygens (including phenoxy) is 1. The molecule has 3 N–H and O–H groups in total. The van der Waals surface area contributed by atoms with Crippen LogP contribution in [0, 0.1) is 6.92 Å². The zero-order chi connectivity index (χ0) is 28.2. The third kappa shape index (κ3) is 6.23. The summed E-state index contributed by atoms with van der Waals surface area (Å²) in [5.41, 5.74) is 1.13. The second-order valence-electron chi connectivity index (χ2n) is 10.1. The molecular weight excluding hydrogens is 524 g/mol. The number of carboxylic acid groups (broad SMARTS) is 1. The summed E-state index contributed by atoms with van der Waals surface area (Å²) < 4.78 is 33.2. The minimum Gasteiger partial charge on any atom is -0.479 e. The first-order valence-corrected chi connectivity index (χ1v) is 14.3. The number of aryl methyl sites for hydroxylation is 1. The number of carbonyl (C=O) groups is 3. The molecular formula is C27H34N4O7S. The second kappa shape index (κ2) is 11.7. The SMILES string of the molecule is Cc1ccc(S(=O)(=O)[C@@](Cc2ccc(OC(=O)N3CCN(C)CC3)cc2)(NC(=O)[C@@H]2CCCN2)C(=O)O)cc1. The molecule has 11 nitrogen and oxygen atoms in total. The fourth-order valence-corrected chi connectivity index (χ4v) is 6.40. The van der Waals surface area contributed by atoms with Gasteiger partial charge in [-0.3, -0.25) is 4.79 Å². The van der Waals surface area contributed by atoms with Gasteiger partial charge in [-0.25, -0.2) is 18.0 Å². The molecule has 2 aromatic rings. The molecule has 0 spiro atoms. The number of nitrogens with zero attached hydrogens (tertiary/aromatic N) is 2. The van der Waals surface area contributed by atoms with E-state index in [1.165, 1.54) is 36.4 Å². The number of nitrogens with one attached hydrogen (secondary N) is 2. The minimum absolute atomic E-state index is 0.215. The van der Waals surface area contributed by atoms with Gasteiger partial charge >= 0.3 is 12.1 Å². The Morgan fingerprint density at radius 3 is 2.26 bits per heavy atom. The summed E-state index contributed by atoms with van der Waals surface area (Å²) >= 11 is 0. The molecule has 210 valence electrons. The van der Waals surface area contributed by atoms with Gasteiger partial charge in [-0.15, -0.1) is 0 Å². The maximum Gasteiger partial charge on any atom is 0.415 e. The molecule has 2 aliphatic heterocycles. The highest BCUT2D eigenvalue weighted by Crippen LogP contribution is 2.30. The van der Waals surface area contributed by atoms with Crippen molar-refractivity contribution in [1.29, 1.82) is 0 Å². The van der Waals surface area contributed by atoms with Crippen molar-refractivity contribution in [1.82, 2.24) is 20.4 Å². The molecule has 2 heterocycles. The Bertz CT molecular complexity index is 1300. The van der Waals surface area contributed by atoms with E-state index in [1.807, 2.05) is 7.05 Å². The molecule has 2 aromatic carbocycles. The lowest BCUT2D eigenvalue weighted by molar-refractivity contribution is -0.143. The number of benzene rings is 2. The lowest BCUT2D eigenvalue weighted by Crippen LogP contribution is -2.63. The highest BCUT2D eigenvalue weighted by Gasteiger charge is 2.54. The van der Waals surface area contributed by atoms with Crippen LogP contribution in [0.4, 0.5) is 4.79 Å². The van der Waals surface area contributed by atoms with E-state index in [0.29, 0.717) is 31.6 Å². The number of aliphatic carboxylic acids is 1. The Morgan fingerprint density at radius 1 is 1.05 bits per heavy atom. The van der Waals surface area contributed by atoms with Crippen LogP contribution in [-0.4, -0.2) is 92.0 Å². The van der Waals surface area contributed by atoms with Crippen LogP contribution in [0.3, 0.4) is 0 Å². The first-order chi connectivity index (χ1) is 18.5. The molecule has 2 saturated heterocycles. The van der Waals surface area contributed by atoms with Gasteiger partial charge in [0.15, 0.2) is 0 Å². The molecule has 2 amide bonds. The summed E-state index contributed by atoms with van der Waals surface area (Å²) in [5.74, 6) is -2.15. The standard InChI is InChI=1S/C27H34N4O7S/c1-19-5-11-22(12-6-19)39(36,37)27(25(33)34,29-24(32)23-4-3-13-28-23)18-20-7-9-21(10-8-20)38-26(35)31-16-14-30(2)15-17-31/h5-12,23,28H,3-4,13-18H2,1-2H3,(H,29,32)(H,33,34)/t23-,27+/m0/s1. The van der Waals surface area contributed by atoms with Crippen molar-refractivity contribution >= 4 is 27.8 Å². The van der Waals surface area contributed by atoms with Crippen LogP contribution in [0.2, 0.25) is 0 Å². The van der Waals surface area contributed by atoms with E-state index < -0.39 is 45.1 Å². The second-order valence-corrected chi connectivity index (χ2v) is 12.2. The van der Waals surface area contributed by atoms with Gasteiger partial charge in [0.1, 0.15) is 5.75 Å². The number of sulfone groups is 1. The zero-order valence-corrected chi connectivity index (χ0v) is 22.9. The Morgan fingerprint density at radius 2 is 1.69 bits per heavy atom. The molecule has 2 aliphatic rings. The molecule has 0 radical (unpaired) electrons. The molecule has 0 bridgehead atoms. The van der Waals surface area contributed by atoms with E-state index in [9.17, 15) is 27.9 Å². The first kappa shape index (κ1) is 28.5. The number of hydrogen-bond donors (Lipinski definition) is 3. The van der Waals surface area contributed by atoms with E-state index in [-0.39, 0.29) is 10.6 Å². The van der Waals surface area contributed by atoms with Gasteiger partial charge in [0.2, 0.25) is 20.6 Å². The van der Waals surface area contributed by atoms with Crippen molar-refractivity contribution in [2.45, 2.75) is 42.0 Å². The molecule has 0 saturated carbocycles. The van der Waals surface area contributed by atoms with E-state index >= 15 is 0 Å². The Balaban J connectivity index is 1.61. The van der Waals surface area contributed by atoms with Crippen LogP contribution in [0.1, 0.15) is 24.0 Å². The molecule has 2 atom stereocenters. The summed E-state index contributed by atoms with van der Waals surface area (Å²) in [5, 5.41) is 15.7. The van der Waals surface area contributed by atoms with Gasteiger partial charge in [-0.2, -0.15) is 0 Å². The molecule has 0 unspecified atom stereocenters. The third-order valence-electron chi connectivity index (χ3n) is 7.18. The maximum absolute atomic E-state index is 13.9. The molecule has 4 rings (SSSR count). The van der Waals surface area contributed by atoms with Crippen molar-refractivity contribution in [2.75, 3.05) is 39.8 Å². The zero-order valence-electron chi connectivity index (χ0n) is 22.1. The predicted octanol–water partition coefficient (Wildman–Crippen LogP) is 1.41. The van der Waals surface area contributed by atoms with Crippen LogP contribution < -0.4 is 15.4 Å². The summed E-state index contributed by atoms with van der Waals surface area (Å²) in [4.78, 5) is 39.2. The van der Waals surface area contributed by atoms with Crippen LogP contribution in [0.5, 0.6) is 5.75 Å². The molecule has 39 heavy (non-hydrogen) atoms. The Hall–Kier alpha value is -3.48. The van der Waals surface area contributed by atoms with Crippen molar-refractivity contribution in [2.24, 2.45) is 0 Å². The molecule has 12 heteroatoms. The van der Waals surface area contributed by atoms with Gasteiger partial charge in [0, 0.05) is 32.6 Å². The van der Waals surface area contributed by atoms with E-state index in [0.717, 1.165) is 25.1 Å². The number of hydrogen-bond acceptors (Lipinski definition) is 8. The number of likely N-dealkylation sites (N-methyl/N-ethyl adjacent to an activating group) is 1. The number of amides is 2. The van der Waals surface area contributed by atoms with Crippen molar-refractivity contribution in [3.8, 4) is 5.75 Å². The fourth-order valence-electron chi connectivity index (χ4n) is 4.68. The number of piperazine rings is 1. The smallest absolute Gasteiger partial charge is 0.415 e. The predicted molar refractivity (Wildman–Crippen MR) is 143 cm³/mol. The average Bonchev–Trinajstić information content (AvgIpc) is 3.45. The van der Waals surface area contributed by atoms with Crippen LogP contribution in [0.15, 0.2) is 53.4 Å². The quantitative estimate of drug-likeness (QED) is 0.438. The van der Waals surface area contributed by atoms with E-state index in [4.69, 9.17) is 4.74 Å². The van der Waals surface area contributed by atoms with Crippen molar-refractivity contribution in [3.05, 3.63) is 59.7 Å². The van der Waals surface area contributed by atoms with Crippen LogP contribution in [0.25, 0.3) is 0 Å². The van der Waals surface area contributed by atoms with E-state index in [1.54, 1.807) is 24.0 Å². The van der Waals surface area contributed by atoms with Gasteiger partial charge in [0.25, 0.3) is 0 Å². The summed E-state index contributed by atoms with van der Waals surface area (Å²) in [6, 6.07) is 11.1. The molecule has 0 aliphatic carbocycles. The lowest BCUT2D eigenvalue weighted by Gasteiger charge is -2.32. The van der Waals surface area contributed by atoms with Gasteiger partial charge in [-0.1, -0.05) is 29.8 Å². The summed E-state index contributed by atoms with van der Waals surface area (Å²) in [6.07, 6.45) is 0.161. The summed E-state index contributed by atoms with van der Waals surface area (Å²) in [7, 11) is -2.63. The highest BCUT2D eigenvalue weighted by atomic mass is 32.2. The van der Waals surface area contributed by atoms with Gasteiger partial charge in [0.05, 0.1) is 10.9 Å². The van der Waals surface area contributed by atoms with E-state index in [2.05, 4.69) is 15.5 Å². The number of carboxylic acids is 1. The monoisotopic (exact) mass is 558 g/mol. The number of rotatable bonds is 8. The summed E-state index contributed by atoms with van der Waals surface area (Å²) in [6.45, 7) is 4.93. The number of carbonyl (C=O) groups excluding carboxylic acids is 2. The van der Waals surface area contributed by atoms with Crippen LogP contribution >= 0.6 is 0 Å². The topological polar surface area (TPSA) is 145 Å². The average molecular weight is 559 g/mol. The van der Waals surface area contributed by atoms with Gasteiger partial charge < -0.3 is 30.3 Å². The highest BCUT2D eigenvalue weighted by molar-refractivity contribution is 7.93. The largest absolute Gasteiger partial charge is 0.479 e. The Labute approximate surface area is 228 Å². The van der Waals surface area contributed by atoms with Crippen LogP contribution in [-0.2, 0) is 25.8 Å². The molecule has 0 aromatic heterocycles. The Kier molecular flexibility index (Phi) is 8.57. The van der Waals surface area contributed by atoms with Crippen molar-refractivity contribution in [3.63, 3.8) is 0 Å². The van der Waals surface area contributed by atoms with Gasteiger partial charge in [-0.05, 0) is 63.2 Å². The fraction of sp³-hybridized carbons (Fsp3) is 0.444. The first-order valence-electron chi connectivity index (χ1n) is 12.9. The third-order valence-corrected chi connectivity index (χ3v) is 9.41. The maximum atomic E-state index is 13.9. The minimum atomic E-state index is -4.60. The van der Waals surface area contributed by atoms with Crippen molar-refractivity contribution < 1.29 is 32.6 Å². The normalized spacial score (nSPS) is 19.7. The lowest BCUT2D eigenvalue weighted by atomic mass is 10.0.